The van der Waals surface area contributed by atoms with Gasteiger partial charge in [0.1, 0.15) is 0 Å². The molecule has 0 aromatic heterocycles. The Balaban J connectivity index is 3.16. The fraction of sp³-hybridized carbons (Fsp3) is 0.833. The first-order chi connectivity index (χ1) is 9.30. The van der Waals surface area contributed by atoms with Gasteiger partial charge < -0.3 is 14.6 Å². The number of rotatable bonds is 7. The fourth-order valence-corrected chi connectivity index (χ4v) is 4.42. The molecule has 1 rings (SSSR count). The monoisotopic (exact) mass is 308 g/mol. The minimum atomic E-state index is -3.30. The van der Waals surface area contributed by atoms with Crippen molar-refractivity contribution in [1.82, 2.24) is 0 Å². The topological polar surface area (TPSA) is 107 Å². The second kappa shape index (κ2) is 6.53. The van der Waals surface area contributed by atoms with Crippen LogP contribution in [0.25, 0.3) is 0 Å². The van der Waals surface area contributed by atoms with E-state index >= 15 is 0 Å². The molecule has 8 heteroatoms. The normalized spacial score (nSPS) is 24.0. The van der Waals surface area contributed by atoms with Gasteiger partial charge in [-0.25, -0.2) is 8.42 Å². The van der Waals surface area contributed by atoms with Crippen molar-refractivity contribution in [2.24, 2.45) is 11.3 Å². The van der Waals surface area contributed by atoms with Crippen LogP contribution >= 0.6 is 0 Å². The van der Waals surface area contributed by atoms with Crippen molar-refractivity contribution in [3.8, 4) is 0 Å². The lowest BCUT2D eigenvalue weighted by molar-refractivity contribution is -0.174. The first kappa shape index (κ1) is 16.9. The molecule has 1 heterocycles. The van der Waals surface area contributed by atoms with E-state index in [1.165, 1.54) is 7.11 Å². The Morgan fingerprint density at radius 3 is 2.45 bits per heavy atom. The van der Waals surface area contributed by atoms with Gasteiger partial charge in [0.15, 0.2) is 15.3 Å². The molecule has 116 valence electrons. The summed E-state index contributed by atoms with van der Waals surface area (Å²) in [6.07, 6.45) is 0.0506. The molecule has 0 radical (unpaired) electrons. The first-order valence-electron chi connectivity index (χ1n) is 6.40. The largest absolute Gasteiger partial charge is 0.480 e. The average molecular weight is 308 g/mol. The summed E-state index contributed by atoms with van der Waals surface area (Å²) in [7, 11) is -1.91. The predicted octanol–water partition coefficient (Wildman–Crippen LogP) is 0.0917. The molecule has 0 saturated carbocycles. The third kappa shape index (κ3) is 3.29. The molecule has 0 aromatic carbocycles. The second-order valence-electron chi connectivity index (χ2n) is 4.84. The summed E-state index contributed by atoms with van der Waals surface area (Å²) in [5.41, 5.74) is -1.85. The van der Waals surface area contributed by atoms with Crippen LogP contribution in [0.4, 0.5) is 0 Å². The molecule has 0 amide bonds. The van der Waals surface area contributed by atoms with Gasteiger partial charge in [0.05, 0.1) is 18.1 Å². The van der Waals surface area contributed by atoms with E-state index in [1.807, 2.05) is 0 Å². The number of carbonyl (C=O) groups excluding carboxylic acids is 1. The molecular formula is C12H20O7S. The van der Waals surface area contributed by atoms with Gasteiger partial charge in [0.2, 0.25) is 0 Å². The number of carboxylic acid groups (broad SMARTS) is 1. The molecule has 1 aliphatic heterocycles. The Bertz CT molecular complexity index is 470. The highest BCUT2D eigenvalue weighted by molar-refractivity contribution is 7.91. The van der Waals surface area contributed by atoms with Gasteiger partial charge in [-0.05, 0) is 19.8 Å². The van der Waals surface area contributed by atoms with Gasteiger partial charge in [-0.2, -0.15) is 0 Å². The number of esters is 1. The Morgan fingerprint density at radius 1 is 1.40 bits per heavy atom. The zero-order valence-corrected chi connectivity index (χ0v) is 12.4. The molecule has 0 aromatic rings. The van der Waals surface area contributed by atoms with Crippen LogP contribution in [0.3, 0.4) is 0 Å². The standard InChI is InChI=1S/C12H20O7S/c1-3-19-11(15)12(10(13)14,5-6-18-2)9-4-7-20(16,17)8-9/h9H,3-8H2,1-2H3,(H,13,14). The van der Waals surface area contributed by atoms with Crippen LogP contribution in [0.1, 0.15) is 19.8 Å². The molecule has 1 saturated heterocycles. The number of sulfone groups is 1. The molecule has 1 aliphatic rings. The van der Waals surface area contributed by atoms with Gasteiger partial charge in [-0.1, -0.05) is 0 Å². The van der Waals surface area contributed by atoms with E-state index in [4.69, 9.17) is 9.47 Å². The van der Waals surface area contributed by atoms with Crippen molar-refractivity contribution in [3.05, 3.63) is 0 Å². The summed E-state index contributed by atoms with van der Waals surface area (Å²) < 4.78 is 32.9. The molecule has 7 nitrogen and oxygen atoms in total. The van der Waals surface area contributed by atoms with Crippen LogP contribution in [0, 0.1) is 11.3 Å². The van der Waals surface area contributed by atoms with Crippen LogP contribution in [-0.2, 0) is 28.9 Å². The smallest absolute Gasteiger partial charge is 0.323 e. The molecule has 0 aliphatic carbocycles. The van der Waals surface area contributed by atoms with Crippen LogP contribution in [0.5, 0.6) is 0 Å². The summed E-state index contributed by atoms with van der Waals surface area (Å²) in [4.78, 5) is 23.8. The van der Waals surface area contributed by atoms with Gasteiger partial charge in [-0.15, -0.1) is 0 Å². The minimum absolute atomic E-state index is 0.0420. The third-order valence-electron chi connectivity index (χ3n) is 3.65. The van der Waals surface area contributed by atoms with Crippen molar-refractivity contribution in [2.75, 3.05) is 31.8 Å². The van der Waals surface area contributed by atoms with Gasteiger partial charge in [0, 0.05) is 19.6 Å². The Hall–Kier alpha value is -1.15. The lowest BCUT2D eigenvalue weighted by Crippen LogP contribution is -2.48. The Morgan fingerprint density at radius 2 is 2.05 bits per heavy atom. The number of methoxy groups -OCH3 is 1. The summed E-state index contributed by atoms with van der Waals surface area (Å²) in [6, 6.07) is 0. The van der Waals surface area contributed by atoms with Crippen LogP contribution in [0.15, 0.2) is 0 Å². The number of carboxylic acids is 1. The predicted molar refractivity (Wildman–Crippen MR) is 70.0 cm³/mol. The number of carbonyl (C=O) groups is 2. The molecule has 0 spiro atoms. The van der Waals surface area contributed by atoms with Crippen molar-refractivity contribution >= 4 is 21.8 Å². The van der Waals surface area contributed by atoms with Crippen molar-refractivity contribution < 1.29 is 32.6 Å². The zero-order valence-electron chi connectivity index (χ0n) is 11.6. The van der Waals surface area contributed by atoms with E-state index in [2.05, 4.69) is 0 Å². The van der Waals surface area contributed by atoms with E-state index in [-0.39, 0.29) is 37.6 Å². The first-order valence-corrected chi connectivity index (χ1v) is 8.22. The molecule has 2 atom stereocenters. The third-order valence-corrected chi connectivity index (χ3v) is 5.42. The van der Waals surface area contributed by atoms with E-state index in [1.54, 1.807) is 6.92 Å². The summed E-state index contributed by atoms with van der Waals surface area (Å²) >= 11 is 0. The lowest BCUT2D eigenvalue weighted by atomic mass is 9.72. The highest BCUT2D eigenvalue weighted by Crippen LogP contribution is 2.40. The Labute approximate surface area is 118 Å². The molecule has 20 heavy (non-hydrogen) atoms. The molecule has 1 N–H and O–H groups in total. The number of hydrogen-bond acceptors (Lipinski definition) is 6. The molecular weight excluding hydrogens is 288 g/mol. The fourth-order valence-electron chi connectivity index (χ4n) is 2.55. The van der Waals surface area contributed by atoms with Gasteiger partial charge in [-0.3, -0.25) is 9.59 Å². The number of aliphatic carboxylic acids is 1. The summed E-state index contributed by atoms with van der Waals surface area (Å²) in [6.45, 7) is 1.66. The Kier molecular flexibility index (Phi) is 5.52. The molecule has 1 fully saturated rings. The highest BCUT2D eigenvalue weighted by atomic mass is 32.2. The van der Waals surface area contributed by atoms with Gasteiger partial charge >= 0.3 is 11.9 Å². The van der Waals surface area contributed by atoms with E-state index in [0.717, 1.165) is 0 Å². The summed E-state index contributed by atoms with van der Waals surface area (Å²) in [5, 5.41) is 9.53. The van der Waals surface area contributed by atoms with Crippen molar-refractivity contribution in [1.29, 1.82) is 0 Å². The van der Waals surface area contributed by atoms with E-state index in [9.17, 15) is 23.1 Å². The highest BCUT2D eigenvalue weighted by Gasteiger charge is 2.56. The SMILES string of the molecule is CCOC(=O)C(CCOC)(C(=O)O)C1CCS(=O)(=O)C1. The lowest BCUT2D eigenvalue weighted by Gasteiger charge is -2.31. The van der Waals surface area contributed by atoms with Crippen molar-refractivity contribution in [2.45, 2.75) is 19.8 Å². The average Bonchev–Trinajstić information content (AvgIpc) is 2.71. The maximum atomic E-state index is 12.2. The quantitative estimate of drug-likeness (QED) is 0.524. The van der Waals surface area contributed by atoms with Crippen LogP contribution < -0.4 is 0 Å². The number of ether oxygens (including phenoxy) is 2. The minimum Gasteiger partial charge on any atom is -0.480 e. The van der Waals surface area contributed by atoms with Crippen molar-refractivity contribution in [3.63, 3.8) is 0 Å². The molecule has 2 unspecified atom stereocenters. The van der Waals surface area contributed by atoms with Crippen LogP contribution in [0.2, 0.25) is 0 Å². The summed E-state index contributed by atoms with van der Waals surface area (Å²) in [5.74, 6) is -3.41. The second-order valence-corrected chi connectivity index (χ2v) is 7.07. The van der Waals surface area contributed by atoms with E-state index < -0.39 is 33.1 Å². The van der Waals surface area contributed by atoms with Gasteiger partial charge in [0.25, 0.3) is 0 Å². The maximum absolute atomic E-state index is 12.2. The van der Waals surface area contributed by atoms with E-state index in [0.29, 0.717) is 0 Å². The van der Waals surface area contributed by atoms with Crippen LogP contribution in [-0.4, -0.2) is 57.3 Å². The zero-order chi connectivity index (χ0) is 15.4. The number of hydrogen-bond donors (Lipinski definition) is 1. The molecule has 0 bridgehead atoms. The maximum Gasteiger partial charge on any atom is 0.323 e.